The number of fused-ring (bicyclic) bond motifs is 10. The Bertz CT molecular complexity index is 4510. The SMILES string of the molecule is CCCCCCCCCc1cc(=O)nc(NC(=O)NCCOC(=O)c2ccc3c(c2)-c2c4nc(c(-c5ccc(C(=O)OCCCCCCCC)cc5)c5ccc([nH]5)c(c5nc(c(-c6ccc(C(=O)OCCCCCCCC)cc6)c6ccc2[nH]6)C=C5)-c2ccccc2OCCCCCCCCCCO3)C=C4)[nH]1. The predicted octanol–water partition coefficient (Wildman–Crippen LogP) is 21.6. The Morgan fingerprint density at radius 1 is 0.411 bits per heavy atom. The number of aryl methyl sites for hydroxylation is 1. The third kappa shape index (κ3) is 22.1. The van der Waals surface area contributed by atoms with Gasteiger partial charge in [0.2, 0.25) is 5.95 Å². The number of carbonyl (C=O) groups excluding carboxylic acids is 4. The lowest BCUT2D eigenvalue weighted by Gasteiger charge is -2.15. The molecule has 0 saturated carbocycles. The van der Waals surface area contributed by atoms with Crippen molar-refractivity contribution in [2.45, 2.75) is 201 Å². The number of benzene rings is 4. The van der Waals surface area contributed by atoms with Gasteiger partial charge < -0.3 is 44.0 Å². The summed E-state index contributed by atoms with van der Waals surface area (Å²) in [6, 6.07) is 37.3. The zero-order chi connectivity index (χ0) is 74.4. The molecule has 8 aromatic rings. The van der Waals surface area contributed by atoms with Crippen LogP contribution in [-0.2, 0) is 20.6 Å². The van der Waals surface area contributed by atoms with Crippen molar-refractivity contribution in [3.8, 4) is 56.0 Å². The molecule has 0 saturated heterocycles. The summed E-state index contributed by atoms with van der Waals surface area (Å²) in [7, 11) is 0. The van der Waals surface area contributed by atoms with E-state index < -0.39 is 17.6 Å². The van der Waals surface area contributed by atoms with E-state index in [-0.39, 0.29) is 36.6 Å². The lowest BCUT2D eigenvalue weighted by atomic mass is 10.00. The summed E-state index contributed by atoms with van der Waals surface area (Å²) in [5.74, 6) is -0.130. The van der Waals surface area contributed by atoms with Gasteiger partial charge in [-0.05, 0) is 147 Å². The van der Waals surface area contributed by atoms with Crippen molar-refractivity contribution in [1.82, 2.24) is 35.2 Å². The molecule has 5 N–H and O–H groups in total. The number of para-hydroxylation sites is 1. The van der Waals surface area contributed by atoms with Crippen LogP contribution in [0.3, 0.4) is 0 Å². The summed E-state index contributed by atoms with van der Waals surface area (Å²) in [5, 5.41) is 5.37. The number of urea groups is 1. The van der Waals surface area contributed by atoms with E-state index in [9.17, 15) is 24.0 Å². The van der Waals surface area contributed by atoms with E-state index >= 15 is 0 Å². The number of aromatic nitrogens is 6. The van der Waals surface area contributed by atoms with Gasteiger partial charge in [0.25, 0.3) is 5.56 Å². The summed E-state index contributed by atoms with van der Waals surface area (Å²) in [4.78, 5) is 93.7. The van der Waals surface area contributed by atoms with E-state index in [0.717, 1.165) is 159 Å². The van der Waals surface area contributed by atoms with Gasteiger partial charge in [0.1, 0.15) is 18.1 Å². The van der Waals surface area contributed by atoms with Crippen molar-refractivity contribution in [2.75, 3.05) is 44.9 Å². The Labute approximate surface area is 629 Å². The van der Waals surface area contributed by atoms with Gasteiger partial charge in [-0.2, -0.15) is 4.98 Å². The first-order valence-corrected chi connectivity index (χ1v) is 39.6. The first-order chi connectivity index (χ1) is 52.5. The number of H-pyrrole nitrogens is 3. The number of anilines is 1. The largest absolute Gasteiger partial charge is 0.493 e. The third-order valence-electron chi connectivity index (χ3n) is 19.9. The van der Waals surface area contributed by atoms with Gasteiger partial charge in [0.15, 0.2) is 0 Å². The van der Waals surface area contributed by atoms with E-state index in [4.69, 9.17) is 33.7 Å². The summed E-state index contributed by atoms with van der Waals surface area (Å²) in [6.07, 6.45) is 37.6. The van der Waals surface area contributed by atoms with Gasteiger partial charge in [-0.3, -0.25) is 10.1 Å². The highest BCUT2D eigenvalue weighted by molar-refractivity contribution is 6.03. The number of rotatable bonds is 31. The van der Waals surface area contributed by atoms with Gasteiger partial charge in [0.05, 0.1) is 72.4 Å². The number of nitrogens with zero attached hydrogens (tertiary/aromatic N) is 3. The minimum absolute atomic E-state index is 0.0320. The van der Waals surface area contributed by atoms with Crippen LogP contribution in [0, 0.1) is 0 Å². The minimum Gasteiger partial charge on any atom is -0.493 e. The molecule has 0 radical (unpaired) electrons. The highest BCUT2D eigenvalue weighted by Gasteiger charge is 2.24. The van der Waals surface area contributed by atoms with Crippen LogP contribution in [0.2, 0.25) is 0 Å². The van der Waals surface area contributed by atoms with Gasteiger partial charge >= 0.3 is 23.9 Å². The fourth-order valence-corrected chi connectivity index (χ4v) is 14.1. The van der Waals surface area contributed by atoms with Crippen LogP contribution in [0.1, 0.15) is 254 Å². The number of unbranched alkanes of at least 4 members (excludes halogenated alkanes) is 16. The van der Waals surface area contributed by atoms with E-state index in [2.05, 4.69) is 69.5 Å². The number of nitrogens with one attached hydrogen (secondary N) is 5. The summed E-state index contributed by atoms with van der Waals surface area (Å²) < 4.78 is 31.2. The average molecular weight is 1450 g/mol. The van der Waals surface area contributed by atoms with E-state index in [1.165, 1.54) is 70.3 Å². The molecule has 107 heavy (non-hydrogen) atoms. The Hall–Kier alpha value is -10.4. The van der Waals surface area contributed by atoms with E-state index in [1.807, 2.05) is 78.9 Å². The zero-order valence-corrected chi connectivity index (χ0v) is 62.8. The Morgan fingerprint density at radius 2 is 0.832 bits per heavy atom. The molecule has 18 heteroatoms. The maximum Gasteiger partial charge on any atom is 0.338 e. The lowest BCUT2D eigenvalue weighted by Crippen LogP contribution is -2.33. The smallest absolute Gasteiger partial charge is 0.338 e. The number of hydrogen-bond acceptors (Lipinski definition) is 13. The molecule has 7 heterocycles. The van der Waals surface area contributed by atoms with Crippen LogP contribution in [0.25, 0.3) is 90.9 Å². The van der Waals surface area contributed by atoms with Gasteiger partial charge in [0, 0.05) is 67.2 Å². The molecule has 10 bridgehead atoms. The van der Waals surface area contributed by atoms with Crippen LogP contribution in [0.4, 0.5) is 10.7 Å². The van der Waals surface area contributed by atoms with Crippen LogP contribution < -0.4 is 25.7 Å². The Balaban J connectivity index is 1.02. The van der Waals surface area contributed by atoms with Gasteiger partial charge in [-0.25, -0.2) is 29.1 Å². The molecule has 3 aliphatic rings. The van der Waals surface area contributed by atoms with Crippen molar-refractivity contribution in [1.29, 1.82) is 0 Å². The molecule has 3 aliphatic heterocycles. The van der Waals surface area contributed by atoms with Crippen LogP contribution in [0.15, 0.2) is 126 Å². The maximum absolute atomic E-state index is 14.5. The number of amides is 2. The fourth-order valence-electron chi connectivity index (χ4n) is 14.1. The second-order valence-corrected chi connectivity index (χ2v) is 28.2. The number of carbonyl (C=O) groups is 4. The molecule has 0 spiro atoms. The van der Waals surface area contributed by atoms with Crippen molar-refractivity contribution in [3.05, 3.63) is 177 Å². The highest BCUT2D eigenvalue weighted by Crippen LogP contribution is 2.43. The van der Waals surface area contributed by atoms with Crippen LogP contribution >= 0.6 is 0 Å². The van der Waals surface area contributed by atoms with Crippen molar-refractivity contribution < 1.29 is 42.9 Å². The normalized spacial score (nSPS) is 13.0. The average Bonchev–Trinajstić information content (AvgIpc) is 1.65. The standard InChI is InChI=1S/C89H106N8O10/c1-4-7-10-13-18-21-26-33-67-61-80(98)96-88(91-67)97-89(102)90-54-59-107-87(101)66-44-53-79-69(60-66)84-76-51-47-72(94-76)81(62-36-40-64(41-37-62)85(99)105-57-31-22-14-11-8-5-2)70-45-49-74(92-70)83(68-34-27-28-35-78(68)103-55-29-24-19-16-17-20-25-30-56-104-79)75-50-46-71(93-75)82(73-48-52-77(84)95-73)63-38-42-65(43-39-63)86(100)106-58-32-23-15-12-9-6-3/h27-28,34-53,60-61,92,95H,4-26,29-33,54-59H2,1-3H3,(H3,90,91,96,97,98,102). The van der Waals surface area contributed by atoms with Crippen LogP contribution in [0.5, 0.6) is 11.5 Å². The molecule has 0 atom stereocenters. The molecule has 11 rings (SSSR count). The molecule has 562 valence electrons. The Morgan fingerprint density at radius 3 is 1.36 bits per heavy atom. The summed E-state index contributed by atoms with van der Waals surface area (Å²) >= 11 is 0. The molecular weight excluding hydrogens is 1340 g/mol. The summed E-state index contributed by atoms with van der Waals surface area (Å²) in [5.41, 5.74) is 12.6. The highest BCUT2D eigenvalue weighted by atomic mass is 16.5. The fraction of sp³-hybridized carbons (Fsp3) is 0.416. The molecule has 18 nitrogen and oxygen atoms in total. The molecule has 2 amide bonds. The molecular formula is C89H106N8O10. The second-order valence-electron chi connectivity index (χ2n) is 28.2. The second kappa shape index (κ2) is 40.9. The molecule has 4 aromatic carbocycles. The van der Waals surface area contributed by atoms with E-state index in [1.54, 1.807) is 42.5 Å². The molecule has 0 aliphatic carbocycles. The number of hydrogen-bond donors (Lipinski definition) is 5. The number of esters is 3. The quantitative estimate of drug-likeness (QED) is 0.0154. The van der Waals surface area contributed by atoms with Crippen molar-refractivity contribution >= 4 is 76.3 Å². The molecule has 0 unspecified atom stereocenters. The lowest BCUT2D eigenvalue weighted by molar-refractivity contribution is 0.0488. The van der Waals surface area contributed by atoms with Crippen molar-refractivity contribution in [2.24, 2.45) is 0 Å². The number of ether oxygens (including phenoxy) is 5. The zero-order valence-electron chi connectivity index (χ0n) is 62.8. The molecule has 0 fully saturated rings. The van der Waals surface area contributed by atoms with E-state index in [0.29, 0.717) is 100 Å². The Kier molecular flexibility index (Phi) is 29.7. The number of aromatic amines is 3. The topological polar surface area (TPSA) is 242 Å². The monoisotopic (exact) mass is 1450 g/mol. The summed E-state index contributed by atoms with van der Waals surface area (Å²) in [6.45, 7) is 8.02. The first kappa shape index (κ1) is 77.7. The third-order valence-corrected chi connectivity index (χ3v) is 19.9. The minimum atomic E-state index is -0.640. The maximum atomic E-state index is 14.5. The molecule has 4 aromatic heterocycles. The van der Waals surface area contributed by atoms with Crippen LogP contribution in [-0.4, -0.2) is 93.4 Å². The van der Waals surface area contributed by atoms with Gasteiger partial charge in [-0.15, -0.1) is 0 Å². The van der Waals surface area contributed by atoms with Gasteiger partial charge in [-0.1, -0.05) is 204 Å². The first-order valence-electron chi connectivity index (χ1n) is 39.6. The van der Waals surface area contributed by atoms with Crippen molar-refractivity contribution in [3.63, 3.8) is 0 Å². The predicted molar refractivity (Wildman–Crippen MR) is 430 cm³/mol.